The van der Waals surface area contributed by atoms with Crippen molar-refractivity contribution in [2.75, 3.05) is 60.0 Å². The molecule has 6 nitrogen and oxygen atoms in total. The number of fused-ring (bicyclic) bond motifs is 1. The van der Waals surface area contributed by atoms with Crippen molar-refractivity contribution in [3.8, 4) is 0 Å². The Morgan fingerprint density at radius 1 is 1.03 bits per heavy atom. The minimum absolute atomic E-state index is 0.00497. The fourth-order valence-electron chi connectivity index (χ4n) is 5.32. The molecule has 0 aromatic heterocycles. The first kappa shape index (κ1) is 23.1. The Morgan fingerprint density at radius 2 is 1.69 bits per heavy atom. The summed E-state index contributed by atoms with van der Waals surface area (Å²) in [7, 11) is 4.15. The predicted octanol–water partition coefficient (Wildman–Crippen LogP) is 2.92. The van der Waals surface area contributed by atoms with Gasteiger partial charge >= 0.3 is 0 Å². The largest absolute Gasteiger partial charge is 0.491 e. The van der Waals surface area contributed by atoms with Crippen molar-refractivity contribution in [2.24, 2.45) is 5.92 Å². The smallest absolute Gasteiger partial charge is 0.292 e. The number of rotatable bonds is 8. The van der Waals surface area contributed by atoms with Gasteiger partial charge in [0.25, 0.3) is 5.91 Å². The number of hydrogen-bond donors (Lipinski definition) is 0. The average Bonchev–Trinajstić information content (AvgIpc) is 3.23. The van der Waals surface area contributed by atoms with E-state index in [9.17, 15) is 4.79 Å². The summed E-state index contributed by atoms with van der Waals surface area (Å²) in [5, 5.41) is 0. The highest BCUT2D eigenvalue weighted by Crippen LogP contribution is 2.29. The van der Waals surface area contributed by atoms with E-state index in [2.05, 4.69) is 48.2 Å². The molecule has 0 unspecified atom stereocenters. The molecule has 0 bridgehead atoms. The lowest BCUT2D eigenvalue weighted by molar-refractivity contribution is -0.133. The lowest BCUT2D eigenvalue weighted by Crippen LogP contribution is -2.46. The van der Waals surface area contributed by atoms with Crippen LogP contribution in [0.5, 0.6) is 0 Å². The summed E-state index contributed by atoms with van der Waals surface area (Å²) < 4.78 is 11.3. The molecule has 1 saturated heterocycles. The van der Waals surface area contributed by atoms with Crippen LogP contribution in [-0.2, 0) is 27.1 Å². The van der Waals surface area contributed by atoms with Crippen molar-refractivity contribution in [3.05, 3.63) is 46.9 Å². The van der Waals surface area contributed by atoms with Crippen molar-refractivity contribution in [3.63, 3.8) is 0 Å². The third-order valence-electron chi connectivity index (χ3n) is 7.16. The number of benzene rings is 1. The van der Waals surface area contributed by atoms with Crippen LogP contribution >= 0.6 is 0 Å². The second kappa shape index (κ2) is 10.7. The van der Waals surface area contributed by atoms with E-state index in [0.29, 0.717) is 36.7 Å². The molecule has 4 rings (SSSR count). The van der Waals surface area contributed by atoms with Crippen LogP contribution in [0.4, 0.5) is 0 Å². The summed E-state index contributed by atoms with van der Waals surface area (Å²) >= 11 is 0. The normalized spacial score (nSPS) is 20.2. The van der Waals surface area contributed by atoms with Gasteiger partial charge in [-0.25, -0.2) is 0 Å². The van der Waals surface area contributed by atoms with Gasteiger partial charge in [0, 0.05) is 19.1 Å². The van der Waals surface area contributed by atoms with E-state index in [1.807, 2.05) is 11.8 Å². The van der Waals surface area contributed by atoms with Crippen molar-refractivity contribution >= 4 is 5.91 Å². The van der Waals surface area contributed by atoms with E-state index < -0.39 is 0 Å². The lowest BCUT2D eigenvalue weighted by Gasteiger charge is -2.38. The maximum atomic E-state index is 13.3. The molecule has 0 saturated carbocycles. The number of amides is 1. The van der Waals surface area contributed by atoms with Gasteiger partial charge in [-0.15, -0.1) is 0 Å². The molecule has 1 amide bonds. The van der Waals surface area contributed by atoms with Gasteiger partial charge in [-0.05, 0) is 89.8 Å². The topological polar surface area (TPSA) is 45.3 Å². The maximum Gasteiger partial charge on any atom is 0.292 e. The molecule has 6 heteroatoms. The molecule has 1 aromatic rings. The quantitative estimate of drug-likeness (QED) is 0.621. The van der Waals surface area contributed by atoms with Crippen molar-refractivity contribution in [1.82, 2.24) is 14.7 Å². The van der Waals surface area contributed by atoms with Gasteiger partial charge in [0.15, 0.2) is 0 Å². The van der Waals surface area contributed by atoms with Crippen LogP contribution in [0, 0.1) is 5.92 Å². The molecule has 32 heavy (non-hydrogen) atoms. The Kier molecular flexibility index (Phi) is 7.74. The molecule has 0 atom stereocenters. The highest BCUT2D eigenvalue weighted by molar-refractivity contribution is 5.92. The highest BCUT2D eigenvalue weighted by atomic mass is 16.6. The number of carbonyl (C=O) groups is 1. The van der Waals surface area contributed by atoms with Gasteiger partial charge in [0.05, 0.1) is 0 Å². The zero-order chi connectivity index (χ0) is 22.5. The summed E-state index contributed by atoms with van der Waals surface area (Å²) in [6.45, 7) is 7.61. The predicted molar refractivity (Wildman–Crippen MR) is 126 cm³/mol. The molecule has 3 aliphatic rings. The SMILES string of the molecule is CC1=C(C(=O)N(CCCN(C)C)CC2CCN(C3Cc4ccccc4C3)CC2)OCCO1. The van der Waals surface area contributed by atoms with Gasteiger partial charge in [-0.2, -0.15) is 0 Å². The minimum atomic E-state index is -0.00497. The van der Waals surface area contributed by atoms with Gasteiger partial charge in [-0.3, -0.25) is 9.69 Å². The zero-order valence-electron chi connectivity index (χ0n) is 20.0. The first-order valence-corrected chi connectivity index (χ1v) is 12.2. The summed E-state index contributed by atoms with van der Waals surface area (Å²) in [5.74, 6) is 1.56. The monoisotopic (exact) mass is 441 g/mol. The Morgan fingerprint density at radius 3 is 2.31 bits per heavy atom. The second-order valence-electron chi connectivity index (χ2n) is 9.80. The number of nitrogens with zero attached hydrogens (tertiary/aromatic N) is 3. The van der Waals surface area contributed by atoms with E-state index in [4.69, 9.17) is 9.47 Å². The van der Waals surface area contributed by atoms with Gasteiger partial charge in [-0.1, -0.05) is 24.3 Å². The Hall–Kier alpha value is -2.05. The third kappa shape index (κ3) is 5.65. The highest BCUT2D eigenvalue weighted by Gasteiger charge is 2.32. The summed E-state index contributed by atoms with van der Waals surface area (Å²) in [4.78, 5) is 20.2. The van der Waals surface area contributed by atoms with Crippen LogP contribution in [0.25, 0.3) is 0 Å². The molecular formula is C26H39N3O3. The average molecular weight is 442 g/mol. The number of piperidine rings is 1. The fourth-order valence-corrected chi connectivity index (χ4v) is 5.32. The van der Waals surface area contributed by atoms with Crippen LogP contribution < -0.4 is 0 Å². The molecule has 0 N–H and O–H groups in total. The van der Waals surface area contributed by atoms with Gasteiger partial charge in [0.1, 0.15) is 19.0 Å². The first-order chi connectivity index (χ1) is 15.5. The lowest BCUT2D eigenvalue weighted by atomic mass is 9.94. The zero-order valence-corrected chi connectivity index (χ0v) is 20.0. The molecular weight excluding hydrogens is 402 g/mol. The fraction of sp³-hybridized carbons (Fsp3) is 0.654. The Balaban J connectivity index is 1.33. The van der Waals surface area contributed by atoms with E-state index in [0.717, 1.165) is 52.0 Å². The summed E-state index contributed by atoms with van der Waals surface area (Å²) in [6.07, 6.45) is 5.63. The van der Waals surface area contributed by atoms with Gasteiger partial charge in [0.2, 0.25) is 5.76 Å². The van der Waals surface area contributed by atoms with Crippen molar-refractivity contribution in [2.45, 2.75) is 45.1 Å². The van der Waals surface area contributed by atoms with Crippen molar-refractivity contribution < 1.29 is 14.3 Å². The van der Waals surface area contributed by atoms with Crippen LogP contribution in [0.2, 0.25) is 0 Å². The summed E-state index contributed by atoms with van der Waals surface area (Å²) in [5.41, 5.74) is 3.05. The number of allylic oxidation sites excluding steroid dienone is 1. The second-order valence-corrected chi connectivity index (χ2v) is 9.80. The van der Waals surface area contributed by atoms with Crippen LogP contribution in [0.1, 0.15) is 37.3 Å². The van der Waals surface area contributed by atoms with Gasteiger partial charge < -0.3 is 19.3 Å². The van der Waals surface area contributed by atoms with Crippen molar-refractivity contribution in [1.29, 1.82) is 0 Å². The van der Waals surface area contributed by atoms with E-state index in [-0.39, 0.29) is 5.91 Å². The van der Waals surface area contributed by atoms with Crippen LogP contribution in [0.15, 0.2) is 35.8 Å². The number of likely N-dealkylation sites (tertiary alicyclic amines) is 1. The molecule has 0 spiro atoms. The van der Waals surface area contributed by atoms with Crippen LogP contribution in [0.3, 0.4) is 0 Å². The van der Waals surface area contributed by atoms with E-state index in [1.54, 1.807) is 0 Å². The van der Waals surface area contributed by atoms with Crippen LogP contribution in [-0.4, -0.2) is 86.7 Å². The Bertz CT molecular complexity index is 789. The molecule has 176 valence electrons. The number of ether oxygens (including phenoxy) is 2. The summed E-state index contributed by atoms with van der Waals surface area (Å²) in [6, 6.07) is 9.54. The standard InChI is InChI=1S/C26H39N3O3/c1-20-25(32-16-15-31-20)26(30)29(12-6-11-27(2)3)19-21-9-13-28(14-10-21)24-17-22-7-4-5-8-23(22)18-24/h4-5,7-8,21,24H,6,9-19H2,1-3H3. The minimum Gasteiger partial charge on any atom is -0.491 e. The molecule has 1 fully saturated rings. The van der Waals surface area contributed by atoms with E-state index >= 15 is 0 Å². The number of carbonyl (C=O) groups excluding carboxylic acids is 1. The number of hydrogen-bond acceptors (Lipinski definition) is 5. The maximum absolute atomic E-state index is 13.3. The third-order valence-corrected chi connectivity index (χ3v) is 7.16. The molecule has 1 aromatic carbocycles. The van der Waals surface area contributed by atoms with E-state index in [1.165, 1.54) is 24.0 Å². The molecule has 0 radical (unpaired) electrons. The molecule has 2 heterocycles. The molecule has 1 aliphatic carbocycles. The molecule has 2 aliphatic heterocycles. The Labute approximate surface area is 193 Å². The first-order valence-electron chi connectivity index (χ1n) is 12.2.